The van der Waals surface area contributed by atoms with Gasteiger partial charge in [-0.25, -0.2) is 0 Å². The van der Waals surface area contributed by atoms with Crippen LogP contribution in [-0.4, -0.2) is 31.1 Å². The highest BCUT2D eigenvalue weighted by Gasteiger charge is 2.33. The van der Waals surface area contributed by atoms with Crippen LogP contribution in [0.3, 0.4) is 0 Å². The quantitative estimate of drug-likeness (QED) is 0.793. The molecule has 1 aromatic rings. The summed E-state index contributed by atoms with van der Waals surface area (Å²) in [5.74, 6) is 0. The lowest BCUT2D eigenvalue weighted by molar-refractivity contribution is -0.137. The van der Waals surface area contributed by atoms with Crippen LogP contribution in [0.5, 0.6) is 0 Å². The largest absolute Gasteiger partial charge is 0.418 e. The average molecular weight is 351 g/mol. The van der Waals surface area contributed by atoms with Gasteiger partial charge >= 0.3 is 6.18 Å². The Morgan fingerprint density at radius 2 is 1.90 bits per heavy atom. The Bertz CT molecular complexity index is 443. The van der Waals surface area contributed by atoms with Crippen LogP contribution < -0.4 is 5.32 Å². The molecular formula is C14H18BrF3N2. The summed E-state index contributed by atoms with van der Waals surface area (Å²) >= 11 is 3.08. The molecule has 0 aromatic heterocycles. The topological polar surface area (TPSA) is 15.3 Å². The molecule has 0 radical (unpaired) electrons. The summed E-state index contributed by atoms with van der Waals surface area (Å²) in [5, 5.41) is 2.90. The molecule has 6 heteroatoms. The Kier molecular flexibility index (Phi) is 5.32. The Hall–Kier alpha value is -0.750. The highest BCUT2D eigenvalue weighted by atomic mass is 79.9. The molecule has 2 nitrogen and oxygen atoms in total. The minimum atomic E-state index is -4.33. The third-order valence-corrected chi connectivity index (χ3v) is 3.95. The first-order valence-corrected chi connectivity index (χ1v) is 7.59. The zero-order chi connectivity index (χ0) is 14.6. The number of nitrogens with one attached hydrogen (secondary N) is 1. The van der Waals surface area contributed by atoms with Crippen molar-refractivity contribution in [3.63, 3.8) is 0 Å². The Morgan fingerprint density at radius 3 is 2.55 bits per heavy atom. The van der Waals surface area contributed by atoms with Crippen molar-refractivity contribution in [1.82, 2.24) is 4.90 Å². The van der Waals surface area contributed by atoms with E-state index in [2.05, 4.69) is 26.1 Å². The second-order valence-electron chi connectivity index (χ2n) is 5.02. The van der Waals surface area contributed by atoms with Crippen LogP contribution in [0.25, 0.3) is 0 Å². The summed E-state index contributed by atoms with van der Waals surface area (Å²) in [5.41, 5.74) is -0.463. The van der Waals surface area contributed by atoms with Gasteiger partial charge in [-0.1, -0.05) is 15.9 Å². The smallest absolute Gasteiger partial charge is 0.385 e. The van der Waals surface area contributed by atoms with E-state index in [9.17, 15) is 13.2 Å². The number of nitrogens with zero attached hydrogens (tertiary/aromatic N) is 1. The molecule has 1 aromatic carbocycles. The Balaban J connectivity index is 1.88. The fraction of sp³-hybridized carbons (Fsp3) is 0.571. The summed E-state index contributed by atoms with van der Waals surface area (Å²) < 4.78 is 39.2. The molecule has 0 atom stereocenters. The van der Waals surface area contributed by atoms with Crippen LogP contribution in [0.15, 0.2) is 22.7 Å². The minimum absolute atomic E-state index is 0.155. The molecule has 1 N–H and O–H groups in total. The van der Waals surface area contributed by atoms with E-state index in [0.717, 1.165) is 32.1 Å². The molecule has 0 unspecified atom stereocenters. The van der Waals surface area contributed by atoms with E-state index in [0.29, 0.717) is 11.0 Å². The lowest BCUT2D eigenvalue weighted by Gasteiger charge is -2.17. The Labute approximate surface area is 125 Å². The summed E-state index contributed by atoms with van der Waals surface area (Å²) in [7, 11) is 0. The normalized spacial score (nSPS) is 16.6. The highest BCUT2D eigenvalue weighted by Crippen LogP contribution is 2.36. The van der Waals surface area contributed by atoms with Crippen LogP contribution in [-0.2, 0) is 6.18 Å². The van der Waals surface area contributed by atoms with Crippen molar-refractivity contribution in [2.75, 3.05) is 31.5 Å². The van der Waals surface area contributed by atoms with E-state index in [-0.39, 0.29) is 5.69 Å². The summed E-state index contributed by atoms with van der Waals surface area (Å²) in [6, 6.07) is 4.21. The molecule has 1 aliphatic rings. The zero-order valence-electron chi connectivity index (χ0n) is 11.1. The number of hydrogen-bond acceptors (Lipinski definition) is 2. The number of rotatable bonds is 5. The van der Waals surface area contributed by atoms with Crippen LogP contribution in [0.4, 0.5) is 18.9 Å². The number of likely N-dealkylation sites (tertiary alicyclic amines) is 1. The van der Waals surface area contributed by atoms with Gasteiger partial charge < -0.3 is 10.2 Å². The maximum Gasteiger partial charge on any atom is 0.418 e. The molecule has 0 spiro atoms. The molecule has 1 saturated heterocycles. The van der Waals surface area contributed by atoms with Crippen LogP contribution in [0.2, 0.25) is 0 Å². The highest BCUT2D eigenvalue weighted by molar-refractivity contribution is 9.10. The van der Waals surface area contributed by atoms with Gasteiger partial charge in [0.25, 0.3) is 0 Å². The van der Waals surface area contributed by atoms with Crippen molar-refractivity contribution in [2.45, 2.75) is 25.4 Å². The standard InChI is InChI=1S/C14H18BrF3N2/c15-11-4-5-13(12(10-11)14(16,17)18)19-6-3-9-20-7-1-2-8-20/h4-5,10,19H,1-3,6-9H2. The van der Waals surface area contributed by atoms with Gasteiger partial charge in [0.05, 0.1) is 5.56 Å². The van der Waals surface area contributed by atoms with Gasteiger partial charge in [-0.15, -0.1) is 0 Å². The van der Waals surface area contributed by atoms with E-state index in [1.54, 1.807) is 6.07 Å². The molecule has 1 fully saturated rings. The summed E-state index contributed by atoms with van der Waals surface area (Å²) in [6.07, 6.45) is -1.01. The number of halogens is 4. The van der Waals surface area contributed by atoms with Crippen LogP contribution in [0.1, 0.15) is 24.8 Å². The number of alkyl halides is 3. The lowest BCUT2D eigenvalue weighted by Crippen LogP contribution is -2.22. The van der Waals surface area contributed by atoms with E-state index in [1.807, 2.05) is 0 Å². The van der Waals surface area contributed by atoms with Gasteiger partial charge in [0.2, 0.25) is 0 Å². The van der Waals surface area contributed by atoms with Gasteiger partial charge in [0.1, 0.15) is 0 Å². The molecule has 0 aliphatic carbocycles. The first-order valence-electron chi connectivity index (χ1n) is 6.80. The predicted molar refractivity (Wildman–Crippen MR) is 77.9 cm³/mol. The van der Waals surface area contributed by atoms with E-state index >= 15 is 0 Å². The van der Waals surface area contributed by atoms with Crippen molar-refractivity contribution in [2.24, 2.45) is 0 Å². The second-order valence-corrected chi connectivity index (χ2v) is 5.93. The van der Waals surface area contributed by atoms with Gasteiger partial charge in [-0.3, -0.25) is 0 Å². The summed E-state index contributed by atoms with van der Waals surface area (Å²) in [4.78, 5) is 2.36. The van der Waals surface area contributed by atoms with Gasteiger partial charge in [0.15, 0.2) is 0 Å². The molecule has 1 heterocycles. The van der Waals surface area contributed by atoms with Crippen molar-refractivity contribution in [3.05, 3.63) is 28.2 Å². The van der Waals surface area contributed by atoms with Crippen molar-refractivity contribution < 1.29 is 13.2 Å². The van der Waals surface area contributed by atoms with Crippen LogP contribution >= 0.6 is 15.9 Å². The zero-order valence-corrected chi connectivity index (χ0v) is 12.7. The third kappa shape index (κ3) is 4.38. The molecule has 20 heavy (non-hydrogen) atoms. The van der Waals surface area contributed by atoms with E-state index in [1.165, 1.54) is 18.9 Å². The monoisotopic (exact) mass is 350 g/mol. The third-order valence-electron chi connectivity index (χ3n) is 3.45. The fourth-order valence-corrected chi connectivity index (χ4v) is 2.80. The van der Waals surface area contributed by atoms with Gasteiger partial charge in [-0.2, -0.15) is 13.2 Å². The van der Waals surface area contributed by atoms with Crippen molar-refractivity contribution in [3.8, 4) is 0 Å². The van der Waals surface area contributed by atoms with E-state index < -0.39 is 11.7 Å². The SMILES string of the molecule is FC(F)(F)c1cc(Br)ccc1NCCCN1CCCC1. The van der Waals surface area contributed by atoms with Crippen molar-refractivity contribution in [1.29, 1.82) is 0 Å². The number of hydrogen-bond donors (Lipinski definition) is 1. The van der Waals surface area contributed by atoms with Gasteiger partial charge in [-0.05, 0) is 57.1 Å². The first-order chi connectivity index (χ1) is 9.47. The van der Waals surface area contributed by atoms with Gasteiger partial charge in [0, 0.05) is 16.7 Å². The fourth-order valence-electron chi connectivity index (χ4n) is 2.44. The molecular weight excluding hydrogens is 333 g/mol. The van der Waals surface area contributed by atoms with Crippen molar-refractivity contribution >= 4 is 21.6 Å². The maximum absolute atomic E-state index is 12.9. The average Bonchev–Trinajstić information content (AvgIpc) is 2.88. The predicted octanol–water partition coefficient (Wildman–Crippen LogP) is 4.37. The summed E-state index contributed by atoms with van der Waals surface area (Å²) in [6.45, 7) is 3.74. The second kappa shape index (κ2) is 6.80. The molecule has 1 aliphatic heterocycles. The molecule has 2 rings (SSSR count). The minimum Gasteiger partial charge on any atom is -0.385 e. The molecule has 0 bridgehead atoms. The lowest BCUT2D eigenvalue weighted by atomic mass is 10.1. The molecule has 0 saturated carbocycles. The molecule has 0 amide bonds. The van der Waals surface area contributed by atoms with E-state index in [4.69, 9.17) is 0 Å². The maximum atomic E-state index is 12.9. The van der Waals surface area contributed by atoms with Crippen LogP contribution in [0, 0.1) is 0 Å². The first kappa shape index (κ1) is 15.6. The Morgan fingerprint density at radius 1 is 1.20 bits per heavy atom. The molecule has 112 valence electrons. The number of anilines is 1. The number of benzene rings is 1.